The number of rotatable bonds is 5. The molecule has 0 radical (unpaired) electrons. The first-order valence-electron chi connectivity index (χ1n) is 12.3. The van der Waals surface area contributed by atoms with Crippen molar-refractivity contribution in [2.24, 2.45) is 0 Å². The Bertz CT molecular complexity index is 1510. The number of imidazole rings is 1. The van der Waals surface area contributed by atoms with Crippen molar-refractivity contribution in [1.82, 2.24) is 35.0 Å². The van der Waals surface area contributed by atoms with Gasteiger partial charge in [0, 0.05) is 37.6 Å². The standard InChI is InChI=1S/C27H30N8/c1-17-7-10-22(35-11-5-4-6-12-35)25-23(17)30-27(31-25)26-24-21(32-33-26)9-8-20(29-24)19-13-18(14-28-15-19)16-34(2)3/h7-10,13-15H,4-6,11-12,16H2,1-3H3,(H,30,31)(H,32,33). The average molecular weight is 467 g/mol. The zero-order chi connectivity index (χ0) is 23.9. The smallest absolute Gasteiger partial charge is 0.161 e. The van der Waals surface area contributed by atoms with Gasteiger partial charge in [0.2, 0.25) is 0 Å². The summed E-state index contributed by atoms with van der Waals surface area (Å²) in [6, 6.07) is 10.6. The van der Waals surface area contributed by atoms with Gasteiger partial charge in [-0.2, -0.15) is 5.10 Å². The number of aromatic nitrogens is 6. The Balaban J connectivity index is 1.43. The second-order valence-corrected chi connectivity index (χ2v) is 9.74. The molecule has 35 heavy (non-hydrogen) atoms. The molecular weight excluding hydrogens is 436 g/mol. The van der Waals surface area contributed by atoms with E-state index in [-0.39, 0.29) is 0 Å². The molecule has 0 atom stereocenters. The van der Waals surface area contributed by atoms with Crippen LogP contribution in [0.5, 0.6) is 0 Å². The molecule has 1 aliphatic heterocycles. The molecular formula is C27H30N8. The normalized spacial score (nSPS) is 14.5. The summed E-state index contributed by atoms with van der Waals surface area (Å²) in [6.45, 7) is 5.12. The maximum atomic E-state index is 4.99. The number of hydrogen-bond donors (Lipinski definition) is 2. The van der Waals surface area contributed by atoms with E-state index < -0.39 is 0 Å². The Morgan fingerprint density at radius 3 is 2.66 bits per heavy atom. The molecule has 8 heteroatoms. The van der Waals surface area contributed by atoms with Crippen LogP contribution in [0.1, 0.15) is 30.4 Å². The largest absolute Gasteiger partial charge is 0.370 e. The van der Waals surface area contributed by atoms with Crippen LogP contribution in [-0.2, 0) is 6.54 Å². The number of nitrogens with one attached hydrogen (secondary N) is 2. The minimum Gasteiger partial charge on any atom is -0.370 e. The SMILES string of the molecule is Cc1ccc(N2CCCCC2)c2[nH]c(-c3n[nH]c4ccc(-c5cncc(CN(C)C)c5)nc34)nc12. The van der Waals surface area contributed by atoms with E-state index >= 15 is 0 Å². The van der Waals surface area contributed by atoms with Gasteiger partial charge in [-0.15, -0.1) is 0 Å². The van der Waals surface area contributed by atoms with Crippen molar-refractivity contribution >= 4 is 27.8 Å². The van der Waals surface area contributed by atoms with Gasteiger partial charge in [0.05, 0.1) is 27.9 Å². The number of fused-ring (bicyclic) bond motifs is 2. The van der Waals surface area contributed by atoms with Gasteiger partial charge < -0.3 is 14.8 Å². The van der Waals surface area contributed by atoms with Crippen LogP contribution in [0.3, 0.4) is 0 Å². The Labute approximate surface area is 204 Å². The number of H-pyrrole nitrogens is 2. The van der Waals surface area contributed by atoms with E-state index in [0.29, 0.717) is 0 Å². The lowest BCUT2D eigenvalue weighted by Crippen LogP contribution is -2.29. The Hall–Kier alpha value is -3.78. The summed E-state index contributed by atoms with van der Waals surface area (Å²) in [6.07, 6.45) is 7.54. The number of aryl methyl sites for hydroxylation is 1. The summed E-state index contributed by atoms with van der Waals surface area (Å²) in [5.41, 5.74) is 9.89. The van der Waals surface area contributed by atoms with E-state index in [2.05, 4.69) is 69.2 Å². The third-order valence-corrected chi connectivity index (χ3v) is 6.74. The van der Waals surface area contributed by atoms with Crippen LogP contribution < -0.4 is 4.90 Å². The molecule has 2 N–H and O–H groups in total. The molecule has 8 nitrogen and oxygen atoms in total. The van der Waals surface area contributed by atoms with E-state index in [9.17, 15) is 0 Å². The number of anilines is 1. The molecule has 6 rings (SSSR count). The maximum Gasteiger partial charge on any atom is 0.161 e. The molecule has 1 fully saturated rings. The van der Waals surface area contributed by atoms with Crippen LogP contribution in [0, 0.1) is 6.92 Å². The first-order chi connectivity index (χ1) is 17.1. The highest BCUT2D eigenvalue weighted by Crippen LogP contribution is 2.33. The Kier molecular flexibility index (Phi) is 5.45. The number of aromatic amines is 2. The minimum absolute atomic E-state index is 0.736. The molecule has 178 valence electrons. The summed E-state index contributed by atoms with van der Waals surface area (Å²) in [5, 5.41) is 7.74. The molecule has 0 unspecified atom stereocenters. The molecule has 0 spiro atoms. The van der Waals surface area contributed by atoms with E-state index in [1.54, 1.807) is 0 Å². The molecule has 1 aromatic carbocycles. The highest BCUT2D eigenvalue weighted by atomic mass is 15.2. The first kappa shape index (κ1) is 21.7. The second kappa shape index (κ2) is 8.78. The molecule has 5 heterocycles. The quantitative estimate of drug-likeness (QED) is 0.382. The number of hydrogen-bond acceptors (Lipinski definition) is 6. The number of pyridine rings is 2. The van der Waals surface area contributed by atoms with Gasteiger partial charge in [-0.3, -0.25) is 10.1 Å². The summed E-state index contributed by atoms with van der Waals surface area (Å²) < 4.78 is 0. The van der Waals surface area contributed by atoms with E-state index in [1.165, 1.54) is 24.9 Å². The average Bonchev–Trinajstić information content (AvgIpc) is 3.49. The van der Waals surface area contributed by atoms with Gasteiger partial charge in [-0.1, -0.05) is 6.07 Å². The van der Waals surface area contributed by atoms with Crippen LogP contribution >= 0.6 is 0 Å². The van der Waals surface area contributed by atoms with Crippen molar-refractivity contribution in [3.63, 3.8) is 0 Å². The summed E-state index contributed by atoms with van der Waals surface area (Å²) in [4.78, 5) is 22.6. The zero-order valence-corrected chi connectivity index (χ0v) is 20.5. The monoisotopic (exact) mass is 466 g/mol. The Morgan fingerprint density at radius 2 is 1.83 bits per heavy atom. The van der Waals surface area contributed by atoms with Gasteiger partial charge in [0.15, 0.2) is 11.5 Å². The molecule has 1 aliphatic rings. The van der Waals surface area contributed by atoms with Crippen LogP contribution in [0.4, 0.5) is 5.69 Å². The minimum atomic E-state index is 0.736. The summed E-state index contributed by atoms with van der Waals surface area (Å²) in [7, 11) is 4.11. The van der Waals surface area contributed by atoms with Crippen LogP contribution in [0.2, 0.25) is 0 Å². The van der Waals surface area contributed by atoms with Crippen molar-refractivity contribution in [2.75, 3.05) is 32.1 Å². The van der Waals surface area contributed by atoms with Gasteiger partial charge in [0.25, 0.3) is 0 Å². The molecule has 1 saturated heterocycles. The fourth-order valence-electron chi connectivity index (χ4n) is 5.02. The number of benzene rings is 1. The van der Waals surface area contributed by atoms with Gasteiger partial charge >= 0.3 is 0 Å². The second-order valence-electron chi connectivity index (χ2n) is 9.74. The van der Waals surface area contributed by atoms with Crippen molar-refractivity contribution in [1.29, 1.82) is 0 Å². The van der Waals surface area contributed by atoms with E-state index in [4.69, 9.17) is 9.97 Å². The van der Waals surface area contributed by atoms with Gasteiger partial charge in [-0.05, 0) is 75.7 Å². The van der Waals surface area contributed by atoms with Gasteiger partial charge in [-0.25, -0.2) is 9.97 Å². The zero-order valence-electron chi connectivity index (χ0n) is 20.5. The predicted octanol–water partition coefficient (Wildman–Crippen LogP) is 4.92. The fourth-order valence-corrected chi connectivity index (χ4v) is 5.02. The Morgan fingerprint density at radius 1 is 0.971 bits per heavy atom. The fraction of sp³-hybridized carbons (Fsp3) is 0.333. The van der Waals surface area contributed by atoms with Crippen LogP contribution in [-0.4, -0.2) is 62.2 Å². The van der Waals surface area contributed by atoms with Crippen LogP contribution in [0.25, 0.3) is 44.8 Å². The summed E-state index contributed by atoms with van der Waals surface area (Å²) >= 11 is 0. The molecule has 0 amide bonds. The third kappa shape index (κ3) is 4.04. The lowest BCUT2D eigenvalue weighted by molar-refractivity contribution is 0.402. The van der Waals surface area contributed by atoms with Gasteiger partial charge in [0.1, 0.15) is 5.52 Å². The summed E-state index contributed by atoms with van der Waals surface area (Å²) in [5.74, 6) is 0.739. The lowest BCUT2D eigenvalue weighted by Gasteiger charge is -2.29. The molecule has 5 aromatic rings. The van der Waals surface area contributed by atoms with Crippen molar-refractivity contribution < 1.29 is 0 Å². The van der Waals surface area contributed by atoms with Crippen LogP contribution in [0.15, 0.2) is 42.7 Å². The van der Waals surface area contributed by atoms with Crippen molar-refractivity contribution in [2.45, 2.75) is 32.7 Å². The van der Waals surface area contributed by atoms with Crippen molar-refractivity contribution in [3.8, 4) is 22.8 Å². The third-order valence-electron chi connectivity index (χ3n) is 6.74. The number of piperidine rings is 1. The molecule has 0 bridgehead atoms. The first-order valence-corrected chi connectivity index (χ1v) is 12.3. The van der Waals surface area contributed by atoms with Crippen molar-refractivity contribution in [3.05, 3.63) is 53.9 Å². The highest BCUT2D eigenvalue weighted by molar-refractivity contribution is 5.96. The molecule has 0 saturated carbocycles. The number of nitrogens with zero attached hydrogens (tertiary/aromatic N) is 6. The topological polar surface area (TPSA) is 89.6 Å². The molecule has 4 aromatic heterocycles. The maximum absolute atomic E-state index is 4.99. The predicted molar refractivity (Wildman–Crippen MR) is 140 cm³/mol. The highest BCUT2D eigenvalue weighted by Gasteiger charge is 2.20. The molecule has 0 aliphatic carbocycles. The van der Waals surface area contributed by atoms with E-state index in [1.807, 2.05) is 24.5 Å². The van der Waals surface area contributed by atoms with E-state index in [0.717, 1.165) is 75.6 Å². The lowest BCUT2D eigenvalue weighted by atomic mass is 10.1.